The third-order valence-electron chi connectivity index (χ3n) is 3.92. The Balaban J connectivity index is 2.13. The third-order valence-corrected chi connectivity index (χ3v) is 6.71. The molecule has 2 aromatic rings. The Morgan fingerprint density at radius 3 is 2.38 bits per heavy atom. The maximum atomic E-state index is 12.6. The number of hydrazone groups is 1. The summed E-state index contributed by atoms with van der Waals surface area (Å²) >= 11 is 13.6. The molecule has 0 spiro atoms. The van der Waals surface area contributed by atoms with E-state index in [0.29, 0.717) is 27.8 Å². The molecule has 1 amide bonds. The summed E-state index contributed by atoms with van der Waals surface area (Å²) in [7, 11) is -3.86. The fourth-order valence-corrected chi connectivity index (χ4v) is 4.52. The van der Waals surface area contributed by atoms with Crippen molar-refractivity contribution in [3.63, 3.8) is 0 Å². The summed E-state index contributed by atoms with van der Waals surface area (Å²) < 4.78 is 27.7. The van der Waals surface area contributed by atoms with E-state index in [1.165, 1.54) is 30.1 Å². The van der Waals surface area contributed by atoms with Gasteiger partial charge in [-0.15, -0.1) is 0 Å². The highest BCUT2D eigenvalue weighted by molar-refractivity contribution is 7.98. The maximum Gasteiger partial charge on any atom is 0.258 e. The van der Waals surface area contributed by atoms with Crippen molar-refractivity contribution < 1.29 is 13.2 Å². The second-order valence-electron chi connectivity index (χ2n) is 6.14. The van der Waals surface area contributed by atoms with Gasteiger partial charge in [0.05, 0.1) is 21.2 Å². The minimum Gasteiger partial charge on any atom is -0.271 e. The van der Waals surface area contributed by atoms with Crippen molar-refractivity contribution in [2.75, 3.05) is 12.0 Å². The van der Waals surface area contributed by atoms with Crippen LogP contribution in [-0.4, -0.2) is 38.6 Å². The molecular formula is C19H21Cl2N3O3S2. The molecule has 29 heavy (non-hydrogen) atoms. The second-order valence-corrected chi connectivity index (χ2v) is 9.65. The fraction of sp³-hybridized carbons (Fsp3) is 0.263. The van der Waals surface area contributed by atoms with Crippen LogP contribution in [0.4, 0.5) is 0 Å². The van der Waals surface area contributed by atoms with Crippen LogP contribution >= 0.6 is 35.0 Å². The predicted octanol–water partition coefficient (Wildman–Crippen LogP) is 3.85. The largest absolute Gasteiger partial charge is 0.271 e. The van der Waals surface area contributed by atoms with Gasteiger partial charge >= 0.3 is 0 Å². The average Bonchev–Trinajstić information content (AvgIpc) is 2.67. The standard InChI is InChI=1S/C19H21Cl2N3O3S2/c1-13-6-8-14(9-7-13)29(26,27)24-18(10-11-28-2)19(25)23-22-12-15-16(20)4-3-5-17(15)21/h3-9,12,18,24H,10-11H2,1-2H3,(H,23,25)/b22-12+/t18-/m0/s1. The Morgan fingerprint density at radius 1 is 1.17 bits per heavy atom. The lowest BCUT2D eigenvalue weighted by Gasteiger charge is -2.17. The van der Waals surface area contributed by atoms with Gasteiger partial charge in [-0.1, -0.05) is 47.0 Å². The van der Waals surface area contributed by atoms with Crippen molar-refractivity contribution in [2.24, 2.45) is 5.10 Å². The number of amides is 1. The number of rotatable bonds is 9. The van der Waals surface area contributed by atoms with Gasteiger partial charge in [-0.2, -0.15) is 21.6 Å². The van der Waals surface area contributed by atoms with E-state index in [4.69, 9.17) is 23.2 Å². The minimum absolute atomic E-state index is 0.0939. The zero-order valence-corrected chi connectivity index (χ0v) is 19.0. The first kappa shape index (κ1) is 23.7. The molecule has 0 aliphatic rings. The SMILES string of the molecule is CSCC[C@H](NS(=O)(=O)c1ccc(C)cc1)C(=O)N/N=C/c1c(Cl)cccc1Cl. The lowest BCUT2D eigenvalue weighted by Crippen LogP contribution is -2.45. The topological polar surface area (TPSA) is 87.6 Å². The van der Waals surface area contributed by atoms with E-state index >= 15 is 0 Å². The van der Waals surface area contributed by atoms with Crippen LogP contribution in [0.2, 0.25) is 10.0 Å². The number of hydrogen-bond acceptors (Lipinski definition) is 5. The van der Waals surface area contributed by atoms with Crippen molar-refractivity contribution in [1.82, 2.24) is 10.1 Å². The molecular weight excluding hydrogens is 453 g/mol. The number of nitrogens with zero attached hydrogens (tertiary/aromatic N) is 1. The Kier molecular flexibility index (Phi) is 8.98. The Bertz CT molecular complexity index is 960. The first-order valence-electron chi connectivity index (χ1n) is 8.59. The summed E-state index contributed by atoms with van der Waals surface area (Å²) in [5.41, 5.74) is 3.75. The quantitative estimate of drug-likeness (QED) is 0.427. The van der Waals surface area contributed by atoms with Crippen LogP contribution < -0.4 is 10.1 Å². The Hall–Kier alpha value is -1.58. The molecule has 0 aliphatic heterocycles. The Labute approximate surface area is 185 Å². The molecule has 10 heteroatoms. The number of carbonyl (C=O) groups excluding carboxylic acids is 1. The Morgan fingerprint density at radius 2 is 1.79 bits per heavy atom. The van der Waals surface area contributed by atoms with E-state index in [0.717, 1.165) is 5.56 Å². The zero-order valence-electron chi connectivity index (χ0n) is 15.9. The van der Waals surface area contributed by atoms with E-state index in [-0.39, 0.29) is 4.90 Å². The van der Waals surface area contributed by atoms with Crippen molar-refractivity contribution in [1.29, 1.82) is 0 Å². The molecule has 0 bridgehead atoms. The normalized spacial score (nSPS) is 12.8. The molecule has 0 heterocycles. The lowest BCUT2D eigenvalue weighted by atomic mass is 10.2. The van der Waals surface area contributed by atoms with Crippen LogP contribution in [0.3, 0.4) is 0 Å². The molecule has 2 aromatic carbocycles. The van der Waals surface area contributed by atoms with Crippen molar-refractivity contribution in [3.8, 4) is 0 Å². The van der Waals surface area contributed by atoms with Crippen LogP contribution in [0.5, 0.6) is 0 Å². The van der Waals surface area contributed by atoms with E-state index in [1.54, 1.807) is 30.3 Å². The zero-order chi connectivity index (χ0) is 21.4. The summed E-state index contributed by atoms with van der Waals surface area (Å²) in [5, 5.41) is 4.64. The summed E-state index contributed by atoms with van der Waals surface area (Å²) in [4.78, 5) is 12.6. The number of sulfonamides is 1. The van der Waals surface area contributed by atoms with Gasteiger partial charge in [0.15, 0.2) is 0 Å². The van der Waals surface area contributed by atoms with Crippen molar-refractivity contribution in [2.45, 2.75) is 24.3 Å². The molecule has 0 aliphatic carbocycles. The van der Waals surface area contributed by atoms with E-state index in [1.807, 2.05) is 13.2 Å². The molecule has 0 radical (unpaired) electrons. The smallest absolute Gasteiger partial charge is 0.258 e. The highest BCUT2D eigenvalue weighted by atomic mass is 35.5. The van der Waals surface area contributed by atoms with Crippen LogP contribution in [0.15, 0.2) is 52.5 Å². The van der Waals surface area contributed by atoms with Gasteiger partial charge in [0.25, 0.3) is 5.91 Å². The van der Waals surface area contributed by atoms with Crippen LogP contribution in [-0.2, 0) is 14.8 Å². The molecule has 2 N–H and O–H groups in total. The number of aryl methyl sites for hydroxylation is 1. The molecule has 0 saturated carbocycles. The fourth-order valence-electron chi connectivity index (χ4n) is 2.32. The minimum atomic E-state index is -3.86. The lowest BCUT2D eigenvalue weighted by molar-refractivity contribution is -0.122. The molecule has 0 aromatic heterocycles. The molecule has 0 fully saturated rings. The summed E-state index contributed by atoms with van der Waals surface area (Å²) in [6, 6.07) is 10.4. The number of halogens is 2. The van der Waals surface area contributed by atoms with Gasteiger partial charge in [0, 0.05) is 5.56 Å². The predicted molar refractivity (Wildman–Crippen MR) is 120 cm³/mol. The van der Waals surface area contributed by atoms with Gasteiger partial charge < -0.3 is 0 Å². The highest BCUT2D eigenvalue weighted by Gasteiger charge is 2.25. The first-order valence-corrected chi connectivity index (χ1v) is 12.2. The molecule has 2 rings (SSSR count). The molecule has 156 valence electrons. The molecule has 0 unspecified atom stereocenters. The molecule has 0 saturated heterocycles. The highest BCUT2D eigenvalue weighted by Crippen LogP contribution is 2.22. The van der Waals surface area contributed by atoms with Gasteiger partial charge in [-0.3, -0.25) is 4.79 Å². The first-order chi connectivity index (χ1) is 13.7. The van der Waals surface area contributed by atoms with E-state index in [2.05, 4.69) is 15.2 Å². The monoisotopic (exact) mass is 473 g/mol. The second kappa shape index (κ2) is 11.0. The van der Waals surface area contributed by atoms with Gasteiger partial charge in [0.2, 0.25) is 10.0 Å². The number of nitrogens with one attached hydrogen (secondary N) is 2. The summed E-state index contributed by atoms with van der Waals surface area (Å²) in [6.07, 6.45) is 3.50. The number of hydrogen-bond donors (Lipinski definition) is 2. The molecule has 1 atom stereocenters. The van der Waals surface area contributed by atoms with E-state index < -0.39 is 22.0 Å². The third kappa shape index (κ3) is 7.01. The maximum absolute atomic E-state index is 12.6. The van der Waals surface area contributed by atoms with Crippen LogP contribution in [0.1, 0.15) is 17.5 Å². The number of carbonyl (C=O) groups is 1. The number of benzene rings is 2. The number of thioether (sulfide) groups is 1. The van der Waals surface area contributed by atoms with E-state index in [9.17, 15) is 13.2 Å². The van der Waals surface area contributed by atoms with Crippen LogP contribution in [0, 0.1) is 6.92 Å². The van der Waals surface area contributed by atoms with Crippen LogP contribution in [0.25, 0.3) is 0 Å². The average molecular weight is 474 g/mol. The summed E-state index contributed by atoms with van der Waals surface area (Å²) in [6.45, 7) is 1.86. The summed E-state index contributed by atoms with van der Waals surface area (Å²) in [5.74, 6) is 0.0170. The van der Waals surface area contributed by atoms with Crippen molar-refractivity contribution in [3.05, 3.63) is 63.6 Å². The van der Waals surface area contributed by atoms with Crippen molar-refractivity contribution >= 4 is 57.1 Å². The van der Waals surface area contributed by atoms with Gasteiger partial charge in [0.1, 0.15) is 6.04 Å². The van der Waals surface area contributed by atoms with Gasteiger partial charge in [-0.25, -0.2) is 13.8 Å². The van der Waals surface area contributed by atoms with Gasteiger partial charge in [-0.05, 0) is 49.6 Å². The molecule has 6 nitrogen and oxygen atoms in total.